The molecular weight excluding hydrogens is 270 g/mol. The zero-order valence-electron chi connectivity index (χ0n) is 11.8. The van der Waals surface area contributed by atoms with Gasteiger partial charge in [0.1, 0.15) is 0 Å². The van der Waals surface area contributed by atoms with Crippen LogP contribution < -0.4 is 10.2 Å². The normalized spacial score (nSPS) is 19.3. The van der Waals surface area contributed by atoms with Crippen LogP contribution in [-0.2, 0) is 0 Å². The molecule has 1 aliphatic heterocycles. The molecule has 2 aromatic rings. The van der Waals surface area contributed by atoms with E-state index >= 15 is 0 Å². The van der Waals surface area contributed by atoms with Crippen molar-refractivity contribution in [2.45, 2.75) is 17.9 Å². The molecule has 6 heteroatoms. The summed E-state index contributed by atoms with van der Waals surface area (Å²) < 4.78 is 0. The molecule has 2 heterocycles. The van der Waals surface area contributed by atoms with E-state index in [0.29, 0.717) is 6.04 Å². The second kappa shape index (κ2) is 5.85. The molecule has 3 rings (SSSR count). The summed E-state index contributed by atoms with van der Waals surface area (Å²) in [6.45, 7) is 5.06. The van der Waals surface area contributed by atoms with Crippen molar-refractivity contribution in [3.05, 3.63) is 24.3 Å². The number of thioether (sulfide) groups is 1. The van der Waals surface area contributed by atoms with Crippen LogP contribution in [0, 0.1) is 0 Å². The zero-order valence-corrected chi connectivity index (χ0v) is 12.6. The van der Waals surface area contributed by atoms with Crippen LogP contribution >= 0.6 is 11.8 Å². The Morgan fingerprint density at radius 2 is 2.10 bits per heavy atom. The van der Waals surface area contributed by atoms with Crippen LogP contribution in [0.3, 0.4) is 0 Å². The summed E-state index contributed by atoms with van der Waals surface area (Å²) in [5, 5.41) is 10.8. The summed E-state index contributed by atoms with van der Waals surface area (Å²) >= 11 is 1.74. The second-order valence-corrected chi connectivity index (χ2v) is 5.89. The van der Waals surface area contributed by atoms with E-state index in [9.17, 15) is 0 Å². The average molecular weight is 289 g/mol. The molecule has 5 nitrogen and oxygen atoms in total. The van der Waals surface area contributed by atoms with Gasteiger partial charge in [-0.25, -0.2) is 0 Å². The van der Waals surface area contributed by atoms with E-state index in [0.717, 1.165) is 37.0 Å². The van der Waals surface area contributed by atoms with E-state index < -0.39 is 0 Å². The van der Waals surface area contributed by atoms with E-state index in [-0.39, 0.29) is 0 Å². The SMILES string of the molecule is CSc1ccc(-c2nc(N3CCN[C@@H](C)C3)n[nH]2)cc1. The molecule has 20 heavy (non-hydrogen) atoms. The van der Waals surface area contributed by atoms with Crippen LogP contribution in [-0.4, -0.2) is 47.1 Å². The van der Waals surface area contributed by atoms with Crippen molar-refractivity contribution in [3.63, 3.8) is 0 Å². The lowest BCUT2D eigenvalue weighted by Crippen LogP contribution is -2.49. The van der Waals surface area contributed by atoms with Crippen LogP contribution in [0.1, 0.15) is 6.92 Å². The van der Waals surface area contributed by atoms with Crippen molar-refractivity contribution in [3.8, 4) is 11.4 Å². The monoisotopic (exact) mass is 289 g/mol. The molecule has 1 aromatic heterocycles. The third-order valence-electron chi connectivity index (χ3n) is 3.49. The van der Waals surface area contributed by atoms with Gasteiger partial charge >= 0.3 is 0 Å². The zero-order chi connectivity index (χ0) is 13.9. The van der Waals surface area contributed by atoms with Gasteiger partial charge in [0, 0.05) is 36.1 Å². The van der Waals surface area contributed by atoms with Gasteiger partial charge in [-0.1, -0.05) is 12.1 Å². The topological polar surface area (TPSA) is 56.8 Å². The fraction of sp³-hybridized carbons (Fsp3) is 0.429. The van der Waals surface area contributed by atoms with Gasteiger partial charge in [0.2, 0.25) is 5.95 Å². The number of aromatic amines is 1. The quantitative estimate of drug-likeness (QED) is 0.846. The minimum Gasteiger partial charge on any atom is -0.337 e. The molecule has 1 aliphatic rings. The summed E-state index contributed by atoms with van der Waals surface area (Å²) in [7, 11) is 0. The molecule has 1 atom stereocenters. The Morgan fingerprint density at radius 1 is 1.30 bits per heavy atom. The lowest BCUT2D eigenvalue weighted by Gasteiger charge is -2.30. The van der Waals surface area contributed by atoms with Gasteiger partial charge in [-0.2, -0.15) is 4.98 Å². The molecule has 0 radical (unpaired) electrons. The first-order chi connectivity index (χ1) is 9.76. The summed E-state index contributed by atoms with van der Waals surface area (Å²) in [6.07, 6.45) is 2.08. The Kier molecular flexibility index (Phi) is 3.93. The Labute approximate surface area is 123 Å². The standard InChI is InChI=1S/C14H19N5S/c1-10-9-19(8-7-15-10)14-16-13(17-18-14)11-3-5-12(20-2)6-4-11/h3-6,10,15H,7-9H2,1-2H3,(H,16,17,18)/t10-/m0/s1. The molecular formula is C14H19N5S. The molecule has 2 N–H and O–H groups in total. The Hall–Kier alpha value is -1.53. The largest absolute Gasteiger partial charge is 0.337 e. The number of hydrogen-bond acceptors (Lipinski definition) is 5. The average Bonchev–Trinajstić information content (AvgIpc) is 2.97. The number of nitrogens with one attached hydrogen (secondary N) is 2. The first-order valence-corrected chi connectivity index (χ1v) is 8.04. The Morgan fingerprint density at radius 3 is 2.80 bits per heavy atom. The first kappa shape index (κ1) is 13.5. The number of rotatable bonds is 3. The Balaban J connectivity index is 1.78. The van der Waals surface area contributed by atoms with Gasteiger partial charge in [0.15, 0.2) is 5.82 Å². The van der Waals surface area contributed by atoms with Gasteiger partial charge in [-0.05, 0) is 25.3 Å². The van der Waals surface area contributed by atoms with E-state index in [2.05, 4.69) is 62.8 Å². The van der Waals surface area contributed by atoms with Crippen molar-refractivity contribution in [1.82, 2.24) is 20.5 Å². The third-order valence-corrected chi connectivity index (χ3v) is 4.23. The predicted octanol–water partition coefficient (Wildman–Crippen LogP) is 1.99. The van der Waals surface area contributed by atoms with E-state index in [1.54, 1.807) is 11.8 Å². The van der Waals surface area contributed by atoms with Crippen molar-refractivity contribution >= 4 is 17.7 Å². The second-order valence-electron chi connectivity index (χ2n) is 5.01. The maximum Gasteiger partial charge on any atom is 0.245 e. The van der Waals surface area contributed by atoms with Crippen LogP contribution in [0.25, 0.3) is 11.4 Å². The highest BCUT2D eigenvalue weighted by atomic mass is 32.2. The van der Waals surface area contributed by atoms with Crippen LogP contribution in [0.4, 0.5) is 5.95 Å². The fourth-order valence-electron chi connectivity index (χ4n) is 2.39. The van der Waals surface area contributed by atoms with Gasteiger partial charge in [0.25, 0.3) is 0 Å². The van der Waals surface area contributed by atoms with Gasteiger partial charge in [-0.15, -0.1) is 16.9 Å². The summed E-state index contributed by atoms with van der Waals surface area (Å²) in [5.41, 5.74) is 1.07. The Bertz CT molecular complexity index is 565. The number of aromatic nitrogens is 3. The van der Waals surface area contributed by atoms with Crippen LogP contribution in [0.5, 0.6) is 0 Å². The number of benzene rings is 1. The molecule has 0 aliphatic carbocycles. The third kappa shape index (κ3) is 2.81. The highest BCUT2D eigenvalue weighted by Gasteiger charge is 2.19. The maximum atomic E-state index is 4.62. The molecule has 106 valence electrons. The molecule has 0 unspecified atom stereocenters. The molecule has 0 saturated carbocycles. The minimum absolute atomic E-state index is 0.478. The van der Waals surface area contributed by atoms with Crippen molar-refractivity contribution in [2.24, 2.45) is 0 Å². The summed E-state index contributed by atoms with van der Waals surface area (Å²) in [6, 6.07) is 8.85. The lowest BCUT2D eigenvalue weighted by atomic mass is 10.2. The minimum atomic E-state index is 0.478. The van der Waals surface area contributed by atoms with E-state index in [1.807, 2.05) is 0 Å². The van der Waals surface area contributed by atoms with Crippen molar-refractivity contribution < 1.29 is 0 Å². The predicted molar refractivity (Wildman–Crippen MR) is 83.3 cm³/mol. The number of nitrogens with zero attached hydrogens (tertiary/aromatic N) is 3. The van der Waals surface area contributed by atoms with Crippen LogP contribution in [0.15, 0.2) is 29.2 Å². The molecule has 1 fully saturated rings. The smallest absolute Gasteiger partial charge is 0.245 e. The number of piperazine rings is 1. The highest BCUT2D eigenvalue weighted by Crippen LogP contribution is 2.22. The molecule has 1 saturated heterocycles. The number of anilines is 1. The molecule has 1 aromatic carbocycles. The van der Waals surface area contributed by atoms with Crippen LogP contribution in [0.2, 0.25) is 0 Å². The van der Waals surface area contributed by atoms with Crippen molar-refractivity contribution in [2.75, 3.05) is 30.8 Å². The van der Waals surface area contributed by atoms with Gasteiger partial charge in [-0.3, -0.25) is 5.10 Å². The summed E-state index contributed by atoms with van der Waals surface area (Å²) in [5.74, 6) is 1.63. The molecule has 0 bridgehead atoms. The first-order valence-electron chi connectivity index (χ1n) is 6.81. The number of hydrogen-bond donors (Lipinski definition) is 2. The van der Waals surface area contributed by atoms with E-state index in [1.165, 1.54) is 4.90 Å². The molecule has 0 spiro atoms. The van der Waals surface area contributed by atoms with Gasteiger partial charge < -0.3 is 10.2 Å². The highest BCUT2D eigenvalue weighted by molar-refractivity contribution is 7.98. The lowest BCUT2D eigenvalue weighted by molar-refractivity contribution is 0.480. The van der Waals surface area contributed by atoms with Crippen molar-refractivity contribution in [1.29, 1.82) is 0 Å². The van der Waals surface area contributed by atoms with Gasteiger partial charge in [0.05, 0.1) is 0 Å². The summed E-state index contributed by atoms with van der Waals surface area (Å²) in [4.78, 5) is 8.09. The maximum absolute atomic E-state index is 4.62. The molecule has 0 amide bonds. The number of H-pyrrole nitrogens is 1. The fourth-order valence-corrected chi connectivity index (χ4v) is 2.79. The van der Waals surface area contributed by atoms with E-state index in [4.69, 9.17) is 0 Å².